The van der Waals surface area contributed by atoms with Gasteiger partial charge in [-0.25, -0.2) is 4.98 Å². The van der Waals surface area contributed by atoms with Crippen LogP contribution in [-0.2, 0) is 22.5 Å². The van der Waals surface area contributed by atoms with Crippen molar-refractivity contribution >= 4 is 35.0 Å². The van der Waals surface area contributed by atoms with E-state index in [-0.39, 0.29) is 17.3 Å². The number of carbonyl (C=O) groups is 1. The number of nitrogens with one attached hydrogen (secondary N) is 1. The second-order valence-corrected chi connectivity index (χ2v) is 10.6. The molecular formula is C26H34ClN5O3. The first-order valence-corrected chi connectivity index (χ1v) is 12.8. The molecule has 188 valence electrons. The lowest BCUT2D eigenvalue weighted by molar-refractivity contribution is -0.149. The van der Waals surface area contributed by atoms with Crippen LogP contribution in [0, 0.1) is 11.3 Å². The van der Waals surface area contributed by atoms with Crippen molar-refractivity contribution in [2.45, 2.75) is 45.1 Å². The maximum Gasteiger partial charge on any atom is 0.311 e. The number of benzene rings is 1. The smallest absolute Gasteiger partial charge is 0.311 e. The van der Waals surface area contributed by atoms with Crippen molar-refractivity contribution in [1.82, 2.24) is 14.9 Å². The van der Waals surface area contributed by atoms with E-state index in [2.05, 4.69) is 39.3 Å². The number of esters is 1. The average Bonchev–Trinajstić information content (AvgIpc) is 3.22. The van der Waals surface area contributed by atoms with Crippen LogP contribution < -0.4 is 15.0 Å². The first-order valence-electron chi connectivity index (χ1n) is 12.4. The van der Waals surface area contributed by atoms with Crippen LogP contribution in [0.1, 0.15) is 43.2 Å². The number of halogens is 1. The van der Waals surface area contributed by atoms with E-state index in [0.717, 1.165) is 63.2 Å². The molecule has 1 saturated carbocycles. The van der Waals surface area contributed by atoms with Gasteiger partial charge >= 0.3 is 5.97 Å². The highest BCUT2D eigenvalue weighted by Gasteiger charge is 2.51. The van der Waals surface area contributed by atoms with Gasteiger partial charge in [0.15, 0.2) is 5.82 Å². The number of aromatic nitrogens is 2. The highest BCUT2D eigenvalue weighted by molar-refractivity contribution is 6.32. The maximum absolute atomic E-state index is 12.7. The Morgan fingerprint density at radius 2 is 2.00 bits per heavy atom. The molecule has 1 aromatic heterocycles. The monoisotopic (exact) mass is 499 g/mol. The fourth-order valence-electron chi connectivity index (χ4n) is 6.11. The molecule has 35 heavy (non-hydrogen) atoms. The number of ether oxygens (including phenoxy) is 2. The van der Waals surface area contributed by atoms with E-state index in [4.69, 9.17) is 26.1 Å². The highest BCUT2D eigenvalue weighted by Crippen LogP contribution is 2.49. The van der Waals surface area contributed by atoms with Crippen LogP contribution >= 0.6 is 11.6 Å². The van der Waals surface area contributed by atoms with Gasteiger partial charge in [-0.15, -0.1) is 0 Å². The summed E-state index contributed by atoms with van der Waals surface area (Å²) < 4.78 is 10.9. The molecule has 1 N–H and O–H groups in total. The standard InChI is InChI=1S/C26H34ClN5O3/c1-31-10-7-17-12-22(34-2)21(11-18(17)14-31)29-25-28-13-20(27)23(30-25)32-15-19(24(33)35-3)26(16-32)8-5-4-6-9-26/h11-13,19H,4-10,14-16H2,1-3H3,(H,28,29,30). The number of methoxy groups -OCH3 is 2. The van der Waals surface area contributed by atoms with Gasteiger partial charge in [0, 0.05) is 31.6 Å². The Labute approximate surface area is 212 Å². The highest BCUT2D eigenvalue weighted by atomic mass is 35.5. The van der Waals surface area contributed by atoms with E-state index in [1.54, 1.807) is 13.3 Å². The zero-order valence-corrected chi connectivity index (χ0v) is 21.5. The number of hydrogen-bond donors (Lipinski definition) is 1. The Bertz CT molecular complexity index is 1100. The van der Waals surface area contributed by atoms with Crippen molar-refractivity contribution in [3.63, 3.8) is 0 Å². The molecule has 1 unspecified atom stereocenters. The van der Waals surface area contributed by atoms with Crippen molar-refractivity contribution in [2.75, 3.05) is 51.1 Å². The molecule has 0 amide bonds. The maximum atomic E-state index is 12.7. The summed E-state index contributed by atoms with van der Waals surface area (Å²) in [6, 6.07) is 4.23. The molecule has 2 aromatic rings. The quantitative estimate of drug-likeness (QED) is 0.605. The van der Waals surface area contributed by atoms with E-state index in [1.165, 1.54) is 24.7 Å². The number of hydrogen-bond acceptors (Lipinski definition) is 8. The largest absolute Gasteiger partial charge is 0.495 e. The second-order valence-electron chi connectivity index (χ2n) is 10.2. The van der Waals surface area contributed by atoms with Crippen molar-refractivity contribution in [2.24, 2.45) is 11.3 Å². The fraction of sp³-hybridized carbons (Fsp3) is 0.577. The Hall–Kier alpha value is -2.58. The van der Waals surface area contributed by atoms with Crippen LogP contribution in [0.3, 0.4) is 0 Å². The summed E-state index contributed by atoms with van der Waals surface area (Å²) in [6.45, 7) is 3.23. The minimum atomic E-state index is -0.173. The predicted octanol–water partition coefficient (Wildman–Crippen LogP) is 4.43. The van der Waals surface area contributed by atoms with Gasteiger partial charge in [0.25, 0.3) is 0 Å². The van der Waals surface area contributed by atoms with E-state index >= 15 is 0 Å². The van der Waals surface area contributed by atoms with Gasteiger partial charge in [0.2, 0.25) is 5.95 Å². The minimum absolute atomic E-state index is 0.0824. The van der Waals surface area contributed by atoms with E-state index < -0.39 is 0 Å². The topological polar surface area (TPSA) is 79.8 Å². The molecule has 0 bridgehead atoms. The summed E-state index contributed by atoms with van der Waals surface area (Å²) in [7, 11) is 5.29. The van der Waals surface area contributed by atoms with Crippen LogP contribution in [-0.4, -0.2) is 61.7 Å². The van der Waals surface area contributed by atoms with Crippen LogP contribution in [0.2, 0.25) is 5.02 Å². The number of anilines is 3. The Morgan fingerprint density at radius 1 is 1.20 bits per heavy atom. The van der Waals surface area contributed by atoms with Gasteiger partial charge in [0.05, 0.1) is 32.0 Å². The zero-order valence-electron chi connectivity index (χ0n) is 20.8. The SMILES string of the molecule is COC(=O)C1CN(c2nc(Nc3cc4c(cc3OC)CCN(C)C4)ncc2Cl)CC12CCCCC2. The van der Waals surface area contributed by atoms with Crippen LogP contribution in [0.15, 0.2) is 18.3 Å². The fourth-order valence-corrected chi connectivity index (χ4v) is 6.33. The molecule has 1 saturated heterocycles. The van der Waals surface area contributed by atoms with Gasteiger partial charge in [0.1, 0.15) is 10.8 Å². The molecule has 0 radical (unpaired) electrons. The van der Waals surface area contributed by atoms with Gasteiger partial charge < -0.3 is 24.6 Å². The first-order chi connectivity index (χ1) is 16.9. The molecule has 8 nitrogen and oxygen atoms in total. The van der Waals surface area contributed by atoms with Gasteiger partial charge in [-0.05, 0) is 49.6 Å². The van der Waals surface area contributed by atoms with E-state index in [1.807, 2.05) is 0 Å². The Kier molecular flexibility index (Phi) is 6.77. The first kappa shape index (κ1) is 24.1. The van der Waals surface area contributed by atoms with Crippen LogP contribution in [0.4, 0.5) is 17.5 Å². The van der Waals surface area contributed by atoms with Crippen LogP contribution in [0.25, 0.3) is 0 Å². The van der Waals surface area contributed by atoms with Gasteiger partial charge in [-0.3, -0.25) is 4.79 Å². The molecule has 9 heteroatoms. The van der Waals surface area contributed by atoms with Crippen molar-refractivity contribution in [1.29, 1.82) is 0 Å². The Balaban J connectivity index is 1.43. The molecule has 5 rings (SSSR count). The summed E-state index contributed by atoms with van der Waals surface area (Å²) >= 11 is 6.60. The molecule has 2 aliphatic heterocycles. The summed E-state index contributed by atoms with van der Waals surface area (Å²) in [5, 5.41) is 3.83. The van der Waals surface area contributed by atoms with E-state index in [9.17, 15) is 4.79 Å². The lowest BCUT2D eigenvalue weighted by atomic mass is 9.68. The minimum Gasteiger partial charge on any atom is -0.495 e. The van der Waals surface area contributed by atoms with Gasteiger partial charge in [-0.2, -0.15) is 4.98 Å². The molecule has 3 heterocycles. The molecule has 1 aromatic carbocycles. The summed E-state index contributed by atoms with van der Waals surface area (Å²) in [5.74, 6) is 1.55. The third-order valence-corrected chi connectivity index (χ3v) is 8.25. The number of rotatable bonds is 5. The number of carbonyl (C=O) groups excluding carboxylic acids is 1. The molecule has 2 fully saturated rings. The third kappa shape index (κ3) is 4.66. The lowest BCUT2D eigenvalue weighted by Crippen LogP contribution is -2.37. The zero-order chi connectivity index (χ0) is 24.6. The number of nitrogens with zero attached hydrogens (tertiary/aromatic N) is 4. The van der Waals surface area contributed by atoms with Crippen molar-refractivity contribution < 1.29 is 14.3 Å². The van der Waals surface area contributed by atoms with Crippen molar-refractivity contribution in [3.05, 3.63) is 34.5 Å². The second kappa shape index (κ2) is 9.82. The predicted molar refractivity (Wildman–Crippen MR) is 137 cm³/mol. The van der Waals surface area contributed by atoms with Gasteiger partial charge in [-0.1, -0.05) is 30.9 Å². The average molecular weight is 500 g/mol. The molecule has 1 spiro atoms. The summed E-state index contributed by atoms with van der Waals surface area (Å²) in [6.07, 6.45) is 8.18. The molecular weight excluding hydrogens is 466 g/mol. The van der Waals surface area contributed by atoms with Crippen LogP contribution in [0.5, 0.6) is 5.75 Å². The molecule has 1 atom stereocenters. The Morgan fingerprint density at radius 3 is 2.74 bits per heavy atom. The lowest BCUT2D eigenvalue weighted by Gasteiger charge is -2.36. The molecule has 1 aliphatic carbocycles. The molecule has 3 aliphatic rings. The summed E-state index contributed by atoms with van der Waals surface area (Å²) in [5.41, 5.74) is 3.33. The van der Waals surface area contributed by atoms with E-state index in [0.29, 0.717) is 23.3 Å². The summed E-state index contributed by atoms with van der Waals surface area (Å²) in [4.78, 5) is 26.4. The van der Waals surface area contributed by atoms with Crippen molar-refractivity contribution in [3.8, 4) is 5.75 Å². The normalized spacial score (nSPS) is 21.6. The number of fused-ring (bicyclic) bond motifs is 1. The third-order valence-electron chi connectivity index (χ3n) is 7.98. The number of likely N-dealkylation sites (N-methyl/N-ethyl adjacent to an activating group) is 1.